The molecular weight excluding hydrogens is 243 g/mol. The first kappa shape index (κ1) is 15.8. The fourth-order valence-electron chi connectivity index (χ4n) is 2.79. The summed E-state index contributed by atoms with van der Waals surface area (Å²) in [5.74, 6) is 1.13. The largest absolute Gasteiger partial charge is 0.411 e. The minimum absolute atomic E-state index is 0.202. The number of alkyl halides is 3. The van der Waals surface area contributed by atoms with E-state index >= 15 is 0 Å². The van der Waals surface area contributed by atoms with Gasteiger partial charge in [0.05, 0.1) is 0 Å². The molecule has 5 heteroatoms. The van der Waals surface area contributed by atoms with Crippen molar-refractivity contribution < 1.29 is 17.9 Å². The molecule has 108 valence electrons. The standard InChI is InChI=1S/C13H24F3NO/c14-13(15,16)10-18-8-4-7-11-5-2-1-3-6-12(11)9-17/h11-12H,1-10,17H2. The number of rotatable bonds is 6. The number of hydrogen-bond donors (Lipinski definition) is 1. The molecule has 2 nitrogen and oxygen atoms in total. The summed E-state index contributed by atoms with van der Waals surface area (Å²) in [7, 11) is 0. The Bertz CT molecular complexity index is 221. The van der Waals surface area contributed by atoms with Gasteiger partial charge in [-0.2, -0.15) is 13.2 Å². The van der Waals surface area contributed by atoms with Crippen LogP contribution in [0.2, 0.25) is 0 Å². The lowest BCUT2D eigenvalue weighted by Gasteiger charge is -2.23. The van der Waals surface area contributed by atoms with Gasteiger partial charge in [0, 0.05) is 6.61 Å². The summed E-state index contributed by atoms with van der Waals surface area (Å²) in [6.45, 7) is -0.223. The molecule has 0 aromatic heterocycles. The number of hydrogen-bond acceptors (Lipinski definition) is 2. The van der Waals surface area contributed by atoms with Crippen LogP contribution in [-0.4, -0.2) is 25.9 Å². The van der Waals surface area contributed by atoms with Crippen LogP contribution < -0.4 is 5.73 Å². The lowest BCUT2D eigenvalue weighted by atomic mass is 9.85. The van der Waals surface area contributed by atoms with Crippen molar-refractivity contribution in [3.8, 4) is 0 Å². The molecule has 0 bridgehead atoms. The van der Waals surface area contributed by atoms with E-state index in [0.29, 0.717) is 24.8 Å². The van der Waals surface area contributed by atoms with E-state index in [2.05, 4.69) is 4.74 Å². The molecule has 1 aliphatic carbocycles. The number of ether oxygens (including phenoxy) is 1. The Labute approximate surface area is 107 Å². The van der Waals surface area contributed by atoms with Gasteiger partial charge < -0.3 is 10.5 Å². The molecule has 1 fully saturated rings. The highest BCUT2D eigenvalue weighted by molar-refractivity contribution is 4.74. The maximum Gasteiger partial charge on any atom is 0.411 e. The van der Waals surface area contributed by atoms with Crippen molar-refractivity contribution in [3.05, 3.63) is 0 Å². The van der Waals surface area contributed by atoms with E-state index in [1.807, 2.05) is 0 Å². The quantitative estimate of drug-likeness (QED) is 0.590. The lowest BCUT2D eigenvalue weighted by molar-refractivity contribution is -0.174. The normalized spacial score (nSPS) is 26.0. The van der Waals surface area contributed by atoms with E-state index in [1.165, 1.54) is 32.1 Å². The molecule has 1 aliphatic rings. The van der Waals surface area contributed by atoms with Crippen molar-refractivity contribution in [1.29, 1.82) is 0 Å². The highest BCUT2D eigenvalue weighted by Crippen LogP contribution is 2.31. The Balaban J connectivity index is 2.16. The highest BCUT2D eigenvalue weighted by atomic mass is 19.4. The second-order valence-corrected chi connectivity index (χ2v) is 5.20. The molecular formula is C13H24F3NO. The first-order valence-electron chi connectivity index (χ1n) is 6.87. The molecule has 0 spiro atoms. The zero-order valence-corrected chi connectivity index (χ0v) is 10.8. The van der Waals surface area contributed by atoms with E-state index in [0.717, 1.165) is 6.42 Å². The third kappa shape index (κ3) is 6.59. The van der Waals surface area contributed by atoms with Crippen molar-refractivity contribution in [1.82, 2.24) is 0 Å². The summed E-state index contributed by atoms with van der Waals surface area (Å²) in [6.07, 6.45) is 3.51. The molecule has 2 unspecified atom stereocenters. The average Bonchev–Trinajstić information content (AvgIpc) is 2.52. The van der Waals surface area contributed by atoms with Gasteiger partial charge in [-0.15, -0.1) is 0 Å². The van der Waals surface area contributed by atoms with E-state index < -0.39 is 12.8 Å². The summed E-state index contributed by atoms with van der Waals surface area (Å²) in [5, 5.41) is 0. The summed E-state index contributed by atoms with van der Waals surface area (Å²) in [6, 6.07) is 0. The molecule has 2 N–H and O–H groups in total. The Morgan fingerprint density at radius 3 is 2.33 bits per heavy atom. The van der Waals surface area contributed by atoms with Crippen molar-refractivity contribution >= 4 is 0 Å². The molecule has 0 aromatic rings. The highest BCUT2D eigenvalue weighted by Gasteiger charge is 2.27. The topological polar surface area (TPSA) is 35.2 Å². The molecule has 1 rings (SSSR count). The smallest absolute Gasteiger partial charge is 0.372 e. The molecule has 1 saturated carbocycles. The third-order valence-electron chi connectivity index (χ3n) is 3.75. The molecule has 0 heterocycles. The fourth-order valence-corrected chi connectivity index (χ4v) is 2.79. The predicted octanol–water partition coefficient (Wildman–Crippen LogP) is 3.50. The van der Waals surface area contributed by atoms with Gasteiger partial charge in [-0.05, 0) is 37.6 Å². The molecule has 0 amide bonds. The Hall–Kier alpha value is -0.290. The van der Waals surface area contributed by atoms with Crippen LogP contribution in [0.15, 0.2) is 0 Å². The van der Waals surface area contributed by atoms with Gasteiger partial charge >= 0.3 is 6.18 Å². The van der Waals surface area contributed by atoms with Gasteiger partial charge in [0.2, 0.25) is 0 Å². The van der Waals surface area contributed by atoms with Crippen LogP contribution >= 0.6 is 0 Å². The molecule has 0 radical (unpaired) electrons. The van der Waals surface area contributed by atoms with Crippen LogP contribution in [0.5, 0.6) is 0 Å². The third-order valence-corrected chi connectivity index (χ3v) is 3.75. The summed E-state index contributed by atoms with van der Waals surface area (Å²) < 4.78 is 40.2. The minimum atomic E-state index is -4.21. The second-order valence-electron chi connectivity index (χ2n) is 5.20. The van der Waals surface area contributed by atoms with Gasteiger partial charge in [0.25, 0.3) is 0 Å². The zero-order chi connectivity index (χ0) is 13.4. The van der Waals surface area contributed by atoms with E-state index in [-0.39, 0.29) is 6.61 Å². The van der Waals surface area contributed by atoms with Crippen molar-refractivity contribution in [2.75, 3.05) is 19.8 Å². The fraction of sp³-hybridized carbons (Fsp3) is 1.00. The maximum atomic E-state index is 11.9. The van der Waals surface area contributed by atoms with Gasteiger partial charge in [-0.25, -0.2) is 0 Å². The Morgan fingerprint density at radius 2 is 1.72 bits per heavy atom. The summed E-state index contributed by atoms with van der Waals surface area (Å²) in [5.41, 5.74) is 5.77. The predicted molar refractivity (Wildman–Crippen MR) is 65.2 cm³/mol. The second kappa shape index (κ2) is 8.00. The van der Waals surface area contributed by atoms with Crippen LogP contribution in [0.3, 0.4) is 0 Å². The molecule has 0 aliphatic heterocycles. The number of halogens is 3. The van der Waals surface area contributed by atoms with Crippen LogP contribution in [0.4, 0.5) is 13.2 Å². The first-order chi connectivity index (χ1) is 8.53. The minimum Gasteiger partial charge on any atom is -0.372 e. The molecule has 2 atom stereocenters. The van der Waals surface area contributed by atoms with Gasteiger partial charge in [-0.3, -0.25) is 0 Å². The van der Waals surface area contributed by atoms with Crippen molar-refractivity contribution in [3.63, 3.8) is 0 Å². The van der Waals surface area contributed by atoms with Crippen molar-refractivity contribution in [2.45, 2.75) is 51.1 Å². The van der Waals surface area contributed by atoms with Crippen LogP contribution in [0.1, 0.15) is 44.9 Å². The SMILES string of the molecule is NCC1CCCCCC1CCCOCC(F)(F)F. The van der Waals surface area contributed by atoms with Crippen LogP contribution in [-0.2, 0) is 4.74 Å². The van der Waals surface area contributed by atoms with Gasteiger partial charge in [0.15, 0.2) is 0 Å². The van der Waals surface area contributed by atoms with Crippen LogP contribution in [0, 0.1) is 11.8 Å². The van der Waals surface area contributed by atoms with Crippen molar-refractivity contribution in [2.24, 2.45) is 17.6 Å². The van der Waals surface area contributed by atoms with E-state index in [4.69, 9.17) is 5.73 Å². The molecule has 0 aromatic carbocycles. The molecule has 0 saturated heterocycles. The Kier molecular flexibility index (Phi) is 7.00. The average molecular weight is 267 g/mol. The van der Waals surface area contributed by atoms with E-state index in [1.54, 1.807) is 0 Å². The zero-order valence-electron chi connectivity index (χ0n) is 10.8. The van der Waals surface area contributed by atoms with Crippen LogP contribution in [0.25, 0.3) is 0 Å². The molecule has 18 heavy (non-hydrogen) atoms. The Morgan fingerprint density at radius 1 is 1.06 bits per heavy atom. The first-order valence-corrected chi connectivity index (χ1v) is 6.87. The number of nitrogens with two attached hydrogens (primary N) is 1. The summed E-state index contributed by atoms with van der Waals surface area (Å²) in [4.78, 5) is 0. The van der Waals surface area contributed by atoms with Gasteiger partial charge in [-0.1, -0.05) is 25.7 Å². The summed E-state index contributed by atoms with van der Waals surface area (Å²) >= 11 is 0. The maximum absolute atomic E-state index is 11.9. The monoisotopic (exact) mass is 267 g/mol. The van der Waals surface area contributed by atoms with Gasteiger partial charge in [0.1, 0.15) is 6.61 Å². The lowest BCUT2D eigenvalue weighted by Crippen LogP contribution is -2.23. The van der Waals surface area contributed by atoms with E-state index in [9.17, 15) is 13.2 Å².